The lowest BCUT2D eigenvalue weighted by Crippen LogP contribution is -1.96. The highest BCUT2D eigenvalue weighted by Crippen LogP contribution is 2.30. The Morgan fingerprint density at radius 1 is 1.19 bits per heavy atom. The largest absolute Gasteiger partial charge is 0.437 e. The molecule has 1 heterocycles. The van der Waals surface area contributed by atoms with E-state index >= 15 is 0 Å². The van der Waals surface area contributed by atoms with Crippen molar-refractivity contribution in [3.63, 3.8) is 0 Å². The molecule has 0 aliphatic heterocycles. The number of nitrogen functional groups attached to an aromatic ring is 1. The van der Waals surface area contributed by atoms with Crippen LogP contribution in [0.1, 0.15) is 0 Å². The maximum atomic E-state index is 5.89. The molecule has 2 N–H and O–H groups in total. The topological polar surface area (TPSA) is 61.0 Å². The molecule has 16 heavy (non-hydrogen) atoms. The zero-order valence-electron chi connectivity index (χ0n) is 8.02. The summed E-state index contributed by atoms with van der Waals surface area (Å²) in [4.78, 5) is 7.64. The van der Waals surface area contributed by atoms with Crippen LogP contribution in [0.15, 0.2) is 35.1 Å². The highest BCUT2D eigenvalue weighted by Gasteiger charge is 2.08. The van der Waals surface area contributed by atoms with Gasteiger partial charge in [0.05, 0.1) is 0 Å². The van der Waals surface area contributed by atoms with E-state index in [1.54, 1.807) is 12.1 Å². The van der Waals surface area contributed by atoms with Gasteiger partial charge in [-0.05, 0) is 24.3 Å². The molecule has 1 aromatic carbocycles. The van der Waals surface area contributed by atoms with Gasteiger partial charge >= 0.3 is 0 Å². The third-order valence-corrected chi connectivity index (χ3v) is 2.70. The maximum absolute atomic E-state index is 5.89. The van der Waals surface area contributed by atoms with Crippen molar-refractivity contribution in [3.8, 4) is 11.6 Å². The Balaban J connectivity index is 2.27. The average Bonchev–Trinajstić information content (AvgIpc) is 2.28. The Labute approximate surface area is 106 Å². The number of anilines is 1. The molecule has 2 aromatic rings. The molecule has 0 radical (unpaired) electrons. The zero-order chi connectivity index (χ0) is 11.5. The molecule has 6 heteroatoms. The van der Waals surface area contributed by atoms with E-state index in [9.17, 15) is 0 Å². The Hall–Kier alpha value is -1.33. The van der Waals surface area contributed by atoms with Gasteiger partial charge in [-0.25, -0.2) is 4.98 Å². The summed E-state index contributed by atoms with van der Waals surface area (Å²) < 4.78 is 6.43. The van der Waals surface area contributed by atoms with Gasteiger partial charge in [0, 0.05) is 4.47 Å². The van der Waals surface area contributed by atoms with Crippen LogP contribution in [0.5, 0.6) is 11.6 Å². The first kappa shape index (κ1) is 11.2. The van der Waals surface area contributed by atoms with Gasteiger partial charge in [0.15, 0.2) is 0 Å². The summed E-state index contributed by atoms with van der Waals surface area (Å²) in [6.45, 7) is 0. The number of benzene rings is 1. The van der Waals surface area contributed by atoms with Crippen molar-refractivity contribution >= 4 is 33.3 Å². The van der Waals surface area contributed by atoms with Crippen LogP contribution >= 0.6 is 27.5 Å². The number of ether oxygens (including phenoxy) is 1. The number of halogens is 2. The predicted molar refractivity (Wildman–Crippen MR) is 65.7 cm³/mol. The number of aromatic nitrogens is 2. The lowest BCUT2D eigenvalue weighted by molar-refractivity contribution is 0.462. The van der Waals surface area contributed by atoms with E-state index < -0.39 is 0 Å². The molecule has 2 rings (SSSR count). The first-order chi connectivity index (χ1) is 7.66. The molecule has 0 bridgehead atoms. The summed E-state index contributed by atoms with van der Waals surface area (Å²) in [7, 11) is 0. The molecule has 1 aromatic heterocycles. The number of rotatable bonds is 2. The Bertz CT molecular complexity index is 504. The zero-order valence-corrected chi connectivity index (χ0v) is 10.4. The Kier molecular flexibility index (Phi) is 3.26. The molecule has 4 nitrogen and oxygen atoms in total. The third-order valence-electron chi connectivity index (χ3n) is 1.81. The van der Waals surface area contributed by atoms with Gasteiger partial charge < -0.3 is 10.5 Å². The van der Waals surface area contributed by atoms with Gasteiger partial charge in [-0.3, -0.25) is 0 Å². The minimum atomic E-state index is 0.198. The quantitative estimate of drug-likeness (QED) is 0.924. The average molecular weight is 301 g/mol. The maximum Gasteiger partial charge on any atom is 0.243 e. The molecular formula is C10H7BrClN3O. The molecule has 82 valence electrons. The molecule has 0 saturated heterocycles. The van der Waals surface area contributed by atoms with Crippen molar-refractivity contribution in [1.29, 1.82) is 0 Å². The van der Waals surface area contributed by atoms with Crippen molar-refractivity contribution in [2.24, 2.45) is 0 Å². The van der Waals surface area contributed by atoms with Gasteiger partial charge in [-0.15, -0.1) is 0 Å². The summed E-state index contributed by atoms with van der Waals surface area (Å²) in [5.41, 5.74) is 5.53. The van der Waals surface area contributed by atoms with E-state index in [4.69, 9.17) is 22.1 Å². The van der Waals surface area contributed by atoms with Crippen LogP contribution < -0.4 is 10.5 Å². The first-order valence-electron chi connectivity index (χ1n) is 4.36. The van der Waals surface area contributed by atoms with E-state index in [0.29, 0.717) is 5.75 Å². The number of hydrogen-bond acceptors (Lipinski definition) is 4. The molecule has 0 aliphatic rings. The van der Waals surface area contributed by atoms with Gasteiger partial charge in [0.25, 0.3) is 0 Å². The van der Waals surface area contributed by atoms with Crippen molar-refractivity contribution in [2.75, 3.05) is 5.73 Å². The molecule has 0 unspecified atom stereocenters. The second-order valence-electron chi connectivity index (χ2n) is 2.93. The summed E-state index contributed by atoms with van der Waals surface area (Å²) >= 11 is 9.22. The van der Waals surface area contributed by atoms with Crippen molar-refractivity contribution < 1.29 is 4.74 Å². The predicted octanol–water partition coefficient (Wildman–Crippen LogP) is 3.27. The van der Waals surface area contributed by atoms with E-state index in [0.717, 1.165) is 4.47 Å². The van der Waals surface area contributed by atoms with Crippen molar-refractivity contribution in [2.45, 2.75) is 0 Å². The van der Waals surface area contributed by atoms with E-state index in [1.165, 1.54) is 6.33 Å². The highest BCUT2D eigenvalue weighted by molar-refractivity contribution is 9.10. The molecular weight excluding hydrogens is 293 g/mol. The lowest BCUT2D eigenvalue weighted by Gasteiger charge is -2.06. The minimum Gasteiger partial charge on any atom is -0.437 e. The smallest absolute Gasteiger partial charge is 0.243 e. The van der Waals surface area contributed by atoms with E-state index in [-0.39, 0.29) is 16.7 Å². The molecule has 0 spiro atoms. The van der Waals surface area contributed by atoms with Crippen LogP contribution in [0.4, 0.5) is 5.82 Å². The summed E-state index contributed by atoms with van der Waals surface area (Å²) in [6.07, 6.45) is 1.30. The molecule has 0 saturated carbocycles. The van der Waals surface area contributed by atoms with Crippen LogP contribution in [0.2, 0.25) is 5.02 Å². The minimum absolute atomic E-state index is 0.198. The lowest BCUT2D eigenvalue weighted by atomic mass is 10.3. The standard InChI is InChI=1S/C10H7BrClN3O/c11-6-1-3-7(4-2-6)16-10-8(12)9(13)14-5-15-10/h1-5H,(H2,13,14,15). The summed E-state index contributed by atoms with van der Waals surface area (Å²) in [6, 6.07) is 7.29. The Morgan fingerprint density at radius 2 is 1.88 bits per heavy atom. The highest BCUT2D eigenvalue weighted by atomic mass is 79.9. The molecule has 0 amide bonds. The van der Waals surface area contributed by atoms with Gasteiger partial charge in [0.2, 0.25) is 5.88 Å². The first-order valence-corrected chi connectivity index (χ1v) is 5.53. The van der Waals surface area contributed by atoms with Gasteiger partial charge in [0.1, 0.15) is 22.9 Å². The molecule has 0 fully saturated rings. The normalized spacial score (nSPS) is 10.1. The van der Waals surface area contributed by atoms with Crippen LogP contribution in [0.25, 0.3) is 0 Å². The van der Waals surface area contributed by atoms with Gasteiger partial charge in [-0.2, -0.15) is 4.98 Å². The van der Waals surface area contributed by atoms with E-state index in [1.807, 2.05) is 12.1 Å². The van der Waals surface area contributed by atoms with Crippen molar-refractivity contribution in [1.82, 2.24) is 9.97 Å². The summed E-state index contributed by atoms with van der Waals surface area (Å²) in [5, 5.41) is 0.213. The second-order valence-corrected chi connectivity index (χ2v) is 4.23. The number of nitrogens with zero attached hydrogens (tertiary/aromatic N) is 2. The van der Waals surface area contributed by atoms with E-state index in [2.05, 4.69) is 25.9 Å². The monoisotopic (exact) mass is 299 g/mol. The SMILES string of the molecule is Nc1ncnc(Oc2ccc(Br)cc2)c1Cl. The fraction of sp³-hybridized carbons (Fsp3) is 0. The van der Waals surface area contributed by atoms with Crippen molar-refractivity contribution in [3.05, 3.63) is 40.1 Å². The summed E-state index contributed by atoms with van der Waals surface area (Å²) in [5.74, 6) is 1.07. The molecule has 0 atom stereocenters. The Morgan fingerprint density at radius 3 is 2.56 bits per heavy atom. The van der Waals surface area contributed by atoms with Crippen LogP contribution in [0, 0.1) is 0 Å². The van der Waals surface area contributed by atoms with Gasteiger partial charge in [-0.1, -0.05) is 27.5 Å². The van der Waals surface area contributed by atoms with Crippen LogP contribution in [-0.4, -0.2) is 9.97 Å². The number of hydrogen-bond donors (Lipinski definition) is 1. The fourth-order valence-corrected chi connectivity index (χ4v) is 1.45. The number of nitrogens with two attached hydrogens (primary N) is 1. The second kappa shape index (κ2) is 4.67. The van der Waals surface area contributed by atoms with Crippen LogP contribution in [-0.2, 0) is 0 Å². The van der Waals surface area contributed by atoms with Crippen LogP contribution in [0.3, 0.4) is 0 Å². The third kappa shape index (κ3) is 2.43. The fourth-order valence-electron chi connectivity index (χ4n) is 1.05. The molecule has 0 aliphatic carbocycles.